The minimum absolute atomic E-state index is 0.115. The predicted molar refractivity (Wildman–Crippen MR) is 143 cm³/mol. The maximum atomic E-state index is 12.9. The van der Waals surface area contributed by atoms with E-state index in [1.54, 1.807) is 54.9 Å². The number of carbonyl (C=O) groups excluding carboxylic acids is 1. The summed E-state index contributed by atoms with van der Waals surface area (Å²) in [4.78, 5) is 17.2. The summed E-state index contributed by atoms with van der Waals surface area (Å²) in [6.07, 6.45) is 3.39. The van der Waals surface area contributed by atoms with Crippen LogP contribution in [0.3, 0.4) is 0 Å². The number of carbonyl (C=O) groups is 1. The van der Waals surface area contributed by atoms with Crippen LogP contribution in [0.25, 0.3) is 17.1 Å². The van der Waals surface area contributed by atoms with Gasteiger partial charge in [-0.1, -0.05) is 48.2 Å². The topological polar surface area (TPSA) is 107 Å². The van der Waals surface area contributed by atoms with Gasteiger partial charge in [0.15, 0.2) is 16.8 Å². The number of sulfonamides is 1. The number of aromatic nitrogens is 4. The van der Waals surface area contributed by atoms with Gasteiger partial charge in [0.2, 0.25) is 0 Å². The Bertz CT molecular complexity index is 1610. The molecular weight excluding hydrogens is 506 g/mol. The van der Waals surface area contributed by atoms with Crippen LogP contribution in [-0.4, -0.2) is 39.7 Å². The number of pyridine rings is 1. The van der Waals surface area contributed by atoms with Crippen LogP contribution in [0.4, 0.5) is 5.69 Å². The highest BCUT2D eigenvalue weighted by atomic mass is 32.2. The van der Waals surface area contributed by atoms with Gasteiger partial charge in [0.05, 0.1) is 10.6 Å². The summed E-state index contributed by atoms with van der Waals surface area (Å²) in [5.74, 6) is 0.672. The van der Waals surface area contributed by atoms with Crippen LogP contribution in [0.5, 0.6) is 0 Å². The number of benzene rings is 3. The summed E-state index contributed by atoms with van der Waals surface area (Å²) in [6, 6.07) is 27.9. The molecule has 0 aliphatic carbocycles. The van der Waals surface area contributed by atoms with Crippen molar-refractivity contribution >= 4 is 33.3 Å². The summed E-state index contributed by atoms with van der Waals surface area (Å²) in [7, 11) is -3.71. The Morgan fingerprint density at radius 2 is 1.46 bits per heavy atom. The molecule has 0 bridgehead atoms. The smallest absolute Gasteiger partial charge is 0.261 e. The zero-order valence-electron chi connectivity index (χ0n) is 19.4. The quantitative estimate of drug-likeness (QED) is 0.210. The van der Waals surface area contributed by atoms with E-state index in [2.05, 4.69) is 19.9 Å². The van der Waals surface area contributed by atoms with Gasteiger partial charge in [-0.25, -0.2) is 8.42 Å². The van der Waals surface area contributed by atoms with E-state index in [0.29, 0.717) is 22.2 Å². The normalized spacial score (nSPS) is 11.2. The maximum absolute atomic E-state index is 12.9. The lowest BCUT2D eigenvalue weighted by atomic mass is 10.1. The molecule has 2 heterocycles. The Hall–Kier alpha value is -4.28. The number of rotatable bonds is 9. The molecule has 1 N–H and O–H groups in total. The number of nitrogens with zero attached hydrogens (tertiary/aromatic N) is 4. The van der Waals surface area contributed by atoms with Crippen molar-refractivity contribution in [3.05, 3.63) is 115 Å². The molecule has 0 saturated heterocycles. The van der Waals surface area contributed by atoms with Crippen molar-refractivity contribution in [1.29, 1.82) is 0 Å². The Kier molecular flexibility index (Phi) is 7.11. The molecule has 0 aliphatic heterocycles. The second-order valence-electron chi connectivity index (χ2n) is 7.92. The molecule has 37 heavy (non-hydrogen) atoms. The van der Waals surface area contributed by atoms with Crippen LogP contribution in [0.15, 0.2) is 120 Å². The second kappa shape index (κ2) is 10.8. The molecule has 10 heteroatoms. The largest absolute Gasteiger partial charge is 0.293 e. The fraction of sp³-hybridized carbons (Fsp3) is 0.0370. The number of Topliss-reactive ketones (excluding diaryl/α,β-unsaturated/α-hetero) is 1. The summed E-state index contributed by atoms with van der Waals surface area (Å²) in [5.41, 5.74) is 2.58. The summed E-state index contributed by atoms with van der Waals surface area (Å²) >= 11 is 1.28. The van der Waals surface area contributed by atoms with Gasteiger partial charge in [0.25, 0.3) is 10.0 Å². The van der Waals surface area contributed by atoms with Crippen LogP contribution in [0.1, 0.15) is 10.4 Å². The fourth-order valence-corrected chi connectivity index (χ4v) is 5.54. The number of ketones is 1. The highest BCUT2D eigenvalue weighted by Gasteiger charge is 2.18. The van der Waals surface area contributed by atoms with E-state index in [0.717, 1.165) is 11.3 Å². The minimum Gasteiger partial charge on any atom is -0.293 e. The lowest BCUT2D eigenvalue weighted by Gasteiger charge is -2.10. The van der Waals surface area contributed by atoms with Gasteiger partial charge in [-0.05, 0) is 60.7 Å². The molecular formula is C27H21N5O3S2. The zero-order valence-corrected chi connectivity index (χ0v) is 21.1. The van der Waals surface area contributed by atoms with E-state index < -0.39 is 10.0 Å². The van der Waals surface area contributed by atoms with Gasteiger partial charge in [0.1, 0.15) is 0 Å². The monoisotopic (exact) mass is 527 g/mol. The number of hydrogen-bond donors (Lipinski definition) is 1. The molecule has 0 unspecified atom stereocenters. The van der Waals surface area contributed by atoms with Crippen LogP contribution in [0, 0.1) is 0 Å². The van der Waals surface area contributed by atoms with Crippen molar-refractivity contribution in [3.8, 4) is 17.1 Å². The minimum atomic E-state index is -3.71. The lowest BCUT2D eigenvalue weighted by molar-refractivity contribution is 0.102. The van der Waals surface area contributed by atoms with E-state index in [4.69, 9.17) is 0 Å². The lowest BCUT2D eigenvalue weighted by Crippen LogP contribution is -2.13. The Morgan fingerprint density at radius 1 is 0.811 bits per heavy atom. The SMILES string of the molecule is O=C(CSc1nnc(-c2ccncc2)n1-c1ccccc1)c1ccc(NS(=O)(=O)c2ccccc2)cc1. The standard InChI is InChI=1S/C27H21N5O3S2/c33-25(20-11-13-22(14-12-20)31-37(34,35)24-9-5-2-6-10-24)19-36-27-30-29-26(21-15-17-28-18-16-21)32(27)23-7-3-1-4-8-23/h1-18,31H,19H2. The van der Waals surface area contributed by atoms with Crippen molar-refractivity contribution in [2.45, 2.75) is 10.1 Å². The summed E-state index contributed by atoms with van der Waals surface area (Å²) in [5, 5.41) is 9.30. The molecule has 0 atom stereocenters. The number of hydrogen-bond acceptors (Lipinski definition) is 7. The first kappa shape index (κ1) is 24.4. The summed E-state index contributed by atoms with van der Waals surface area (Å²) in [6.45, 7) is 0. The number of para-hydroxylation sites is 1. The van der Waals surface area contributed by atoms with E-state index in [-0.39, 0.29) is 16.4 Å². The number of thioether (sulfide) groups is 1. The van der Waals surface area contributed by atoms with Crippen molar-refractivity contribution < 1.29 is 13.2 Å². The van der Waals surface area contributed by atoms with Gasteiger partial charge >= 0.3 is 0 Å². The van der Waals surface area contributed by atoms with E-state index >= 15 is 0 Å². The Balaban J connectivity index is 1.31. The molecule has 184 valence electrons. The van der Waals surface area contributed by atoms with Crippen LogP contribution >= 0.6 is 11.8 Å². The van der Waals surface area contributed by atoms with E-state index in [9.17, 15) is 13.2 Å². The molecule has 5 rings (SSSR count). The van der Waals surface area contributed by atoms with Gasteiger partial charge in [-0.15, -0.1) is 10.2 Å². The highest BCUT2D eigenvalue weighted by molar-refractivity contribution is 7.99. The molecule has 0 radical (unpaired) electrons. The van der Waals surface area contributed by atoms with Gasteiger partial charge in [-0.3, -0.25) is 19.1 Å². The molecule has 0 spiro atoms. The van der Waals surface area contributed by atoms with E-state index in [1.165, 1.54) is 23.9 Å². The second-order valence-corrected chi connectivity index (χ2v) is 10.5. The van der Waals surface area contributed by atoms with Gasteiger partial charge in [-0.2, -0.15) is 0 Å². The third-order valence-corrected chi connectivity index (χ3v) is 7.76. The van der Waals surface area contributed by atoms with Crippen LogP contribution in [-0.2, 0) is 10.0 Å². The van der Waals surface area contributed by atoms with Gasteiger partial charge < -0.3 is 0 Å². The zero-order chi connectivity index (χ0) is 25.7. The predicted octanol–water partition coefficient (Wildman–Crippen LogP) is 5.11. The maximum Gasteiger partial charge on any atom is 0.261 e. The first-order chi connectivity index (χ1) is 18.0. The number of anilines is 1. The first-order valence-electron chi connectivity index (χ1n) is 11.3. The van der Waals surface area contributed by atoms with Crippen molar-refractivity contribution in [2.75, 3.05) is 10.5 Å². The molecule has 8 nitrogen and oxygen atoms in total. The highest BCUT2D eigenvalue weighted by Crippen LogP contribution is 2.28. The first-order valence-corrected chi connectivity index (χ1v) is 13.7. The van der Waals surface area contributed by atoms with Crippen molar-refractivity contribution in [1.82, 2.24) is 19.7 Å². The number of nitrogens with one attached hydrogen (secondary N) is 1. The van der Waals surface area contributed by atoms with Crippen molar-refractivity contribution in [2.24, 2.45) is 0 Å². The molecule has 0 aliphatic rings. The van der Waals surface area contributed by atoms with Crippen molar-refractivity contribution in [3.63, 3.8) is 0 Å². The van der Waals surface area contributed by atoms with Crippen LogP contribution < -0.4 is 4.72 Å². The molecule has 0 amide bonds. The van der Waals surface area contributed by atoms with Gasteiger partial charge in [0, 0.05) is 34.9 Å². The van der Waals surface area contributed by atoms with E-state index in [1.807, 2.05) is 47.0 Å². The van der Waals surface area contributed by atoms with Crippen LogP contribution in [0.2, 0.25) is 0 Å². The third-order valence-electron chi connectivity index (χ3n) is 5.43. The molecule has 3 aromatic carbocycles. The Labute approximate surface area is 218 Å². The molecule has 2 aromatic heterocycles. The fourth-order valence-electron chi connectivity index (χ4n) is 3.61. The molecule has 0 saturated carbocycles. The molecule has 0 fully saturated rings. The molecule has 5 aromatic rings. The summed E-state index contributed by atoms with van der Waals surface area (Å²) < 4.78 is 29.5. The average Bonchev–Trinajstić information content (AvgIpc) is 3.37. The third kappa shape index (κ3) is 5.60. The average molecular weight is 528 g/mol. The Morgan fingerprint density at radius 3 is 2.14 bits per heavy atom.